The van der Waals surface area contributed by atoms with Crippen molar-refractivity contribution in [1.82, 2.24) is 19.1 Å². The Hall–Kier alpha value is -3.70. The van der Waals surface area contributed by atoms with Gasteiger partial charge in [0, 0.05) is 17.5 Å². The van der Waals surface area contributed by atoms with E-state index in [-0.39, 0.29) is 17.1 Å². The summed E-state index contributed by atoms with van der Waals surface area (Å²) in [5, 5.41) is 4.39. The van der Waals surface area contributed by atoms with Gasteiger partial charge in [-0.3, -0.25) is 4.57 Å². The van der Waals surface area contributed by atoms with Crippen molar-refractivity contribution in [2.45, 2.75) is 63.7 Å². The molecular formula is C31H33F3N4O3S. The molecule has 1 N–H and O–H groups in total. The second-order valence-corrected chi connectivity index (χ2v) is 13.6. The predicted octanol–water partition coefficient (Wildman–Crippen LogP) is 6.04. The minimum Gasteiger partial charge on any atom is -0.274 e. The van der Waals surface area contributed by atoms with E-state index in [1.807, 2.05) is 0 Å². The van der Waals surface area contributed by atoms with Crippen molar-refractivity contribution in [3.63, 3.8) is 0 Å². The number of rotatable bonds is 8. The molecule has 4 aromatic rings. The van der Waals surface area contributed by atoms with Gasteiger partial charge in [0.15, 0.2) is 0 Å². The number of benzene rings is 3. The van der Waals surface area contributed by atoms with Gasteiger partial charge in [0.1, 0.15) is 5.82 Å². The van der Waals surface area contributed by atoms with Crippen molar-refractivity contribution in [3.05, 3.63) is 100 Å². The summed E-state index contributed by atoms with van der Waals surface area (Å²) in [5.74, 6) is 1.21. The Morgan fingerprint density at radius 1 is 0.952 bits per heavy atom. The molecule has 222 valence electrons. The summed E-state index contributed by atoms with van der Waals surface area (Å²) >= 11 is 0. The van der Waals surface area contributed by atoms with Crippen LogP contribution < -0.4 is 10.4 Å². The summed E-state index contributed by atoms with van der Waals surface area (Å²) in [5.41, 5.74) is -0.630. The lowest BCUT2D eigenvalue weighted by Gasteiger charge is -2.21. The molecule has 2 atom stereocenters. The number of hydrogen-bond acceptors (Lipinski definition) is 4. The van der Waals surface area contributed by atoms with Crippen LogP contribution in [0.2, 0.25) is 0 Å². The van der Waals surface area contributed by atoms with Gasteiger partial charge in [0.2, 0.25) is 10.0 Å². The minimum absolute atomic E-state index is 0.106. The Morgan fingerprint density at radius 2 is 1.57 bits per heavy atom. The van der Waals surface area contributed by atoms with E-state index in [4.69, 9.17) is 0 Å². The van der Waals surface area contributed by atoms with Crippen LogP contribution in [0.5, 0.6) is 0 Å². The Kier molecular flexibility index (Phi) is 7.69. The van der Waals surface area contributed by atoms with E-state index in [1.165, 1.54) is 22.8 Å². The number of aromatic nitrogens is 3. The highest BCUT2D eigenvalue weighted by molar-refractivity contribution is 7.89. The van der Waals surface area contributed by atoms with Crippen LogP contribution in [0.25, 0.3) is 16.8 Å². The van der Waals surface area contributed by atoms with Crippen LogP contribution in [0.4, 0.5) is 13.2 Å². The predicted molar refractivity (Wildman–Crippen MR) is 155 cm³/mol. The topological polar surface area (TPSA) is 86.0 Å². The third-order valence-corrected chi connectivity index (χ3v) is 9.14. The van der Waals surface area contributed by atoms with Crippen LogP contribution in [0.1, 0.15) is 51.1 Å². The first-order valence-electron chi connectivity index (χ1n) is 13.7. The lowest BCUT2D eigenvalue weighted by atomic mass is 10.0. The van der Waals surface area contributed by atoms with Crippen LogP contribution in [0.3, 0.4) is 0 Å². The molecule has 1 saturated carbocycles. The summed E-state index contributed by atoms with van der Waals surface area (Å²) in [6, 6.07) is 18.8. The van der Waals surface area contributed by atoms with Crippen molar-refractivity contribution in [2.75, 3.05) is 0 Å². The SMILES string of the molecule is CC1CC1Cc1nn(-c2ccccc2C(F)(F)F)c(=O)n1Cc1ccc(-c2ccccc2S(=O)(=O)NC(C)(C)C)cc1. The zero-order valence-corrected chi connectivity index (χ0v) is 24.6. The highest BCUT2D eigenvalue weighted by atomic mass is 32.2. The van der Waals surface area contributed by atoms with Crippen LogP contribution >= 0.6 is 0 Å². The molecule has 5 rings (SSSR count). The van der Waals surface area contributed by atoms with E-state index in [0.717, 1.165) is 22.7 Å². The van der Waals surface area contributed by atoms with Gasteiger partial charge >= 0.3 is 11.9 Å². The van der Waals surface area contributed by atoms with E-state index in [9.17, 15) is 26.4 Å². The van der Waals surface area contributed by atoms with Crippen molar-refractivity contribution in [1.29, 1.82) is 0 Å². The van der Waals surface area contributed by atoms with E-state index in [2.05, 4.69) is 16.7 Å². The minimum atomic E-state index is -4.65. The largest absolute Gasteiger partial charge is 0.418 e. The number of nitrogens with one attached hydrogen (secondary N) is 1. The molecule has 1 heterocycles. The molecule has 0 spiro atoms. The normalized spacial score (nSPS) is 17.4. The van der Waals surface area contributed by atoms with Crippen molar-refractivity contribution in [2.24, 2.45) is 11.8 Å². The third-order valence-electron chi connectivity index (χ3n) is 7.32. The Labute approximate surface area is 243 Å². The molecule has 42 heavy (non-hydrogen) atoms. The van der Waals surface area contributed by atoms with Gasteiger partial charge in [-0.25, -0.2) is 17.9 Å². The average molecular weight is 599 g/mol. The van der Waals surface area contributed by atoms with E-state index < -0.39 is 33.0 Å². The Bertz CT molecular complexity index is 1770. The molecule has 0 bridgehead atoms. The molecule has 0 amide bonds. The first-order chi connectivity index (χ1) is 19.6. The number of sulfonamides is 1. The molecule has 2 unspecified atom stereocenters. The zero-order valence-electron chi connectivity index (χ0n) is 23.8. The highest BCUT2D eigenvalue weighted by Gasteiger charge is 2.37. The molecular weight excluding hydrogens is 565 g/mol. The summed E-state index contributed by atoms with van der Waals surface area (Å²) < 4.78 is 72.5. The van der Waals surface area contributed by atoms with E-state index in [0.29, 0.717) is 35.2 Å². The van der Waals surface area contributed by atoms with E-state index in [1.54, 1.807) is 69.3 Å². The van der Waals surface area contributed by atoms with Gasteiger partial charge in [-0.2, -0.15) is 17.9 Å². The van der Waals surface area contributed by atoms with Crippen molar-refractivity contribution >= 4 is 10.0 Å². The van der Waals surface area contributed by atoms with Gasteiger partial charge in [0.25, 0.3) is 0 Å². The van der Waals surface area contributed by atoms with E-state index >= 15 is 0 Å². The molecule has 1 aromatic heterocycles. The maximum Gasteiger partial charge on any atom is 0.418 e. The van der Waals surface area contributed by atoms with Crippen LogP contribution in [-0.2, 0) is 29.2 Å². The standard InChI is InChI=1S/C31H33F3N4O3S/c1-20-17-23(20)18-28-35-38(26-11-7-6-10-25(26)31(32,33)34)29(39)37(28)19-21-13-15-22(16-14-21)24-9-5-8-12-27(24)42(40,41)36-30(2,3)4/h5-16,20,23,36H,17-19H2,1-4H3. The van der Waals surface area contributed by atoms with Gasteiger partial charge in [-0.15, -0.1) is 5.10 Å². The number of nitrogens with zero attached hydrogens (tertiary/aromatic N) is 3. The number of hydrogen-bond donors (Lipinski definition) is 1. The fourth-order valence-corrected chi connectivity index (χ4v) is 6.74. The molecule has 7 nitrogen and oxygen atoms in total. The summed E-state index contributed by atoms with van der Waals surface area (Å²) in [6.07, 6.45) is -3.18. The quantitative estimate of drug-likeness (QED) is 0.268. The summed E-state index contributed by atoms with van der Waals surface area (Å²) in [4.78, 5) is 13.7. The van der Waals surface area contributed by atoms with Crippen LogP contribution in [0.15, 0.2) is 82.5 Å². The van der Waals surface area contributed by atoms with Gasteiger partial charge in [-0.05, 0) is 68.4 Å². The third kappa shape index (κ3) is 6.37. The number of halogens is 3. The molecule has 11 heteroatoms. The van der Waals surface area contributed by atoms with Crippen molar-refractivity contribution in [3.8, 4) is 16.8 Å². The lowest BCUT2D eigenvalue weighted by Crippen LogP contribution is -2.40. The number of alkyl halides is 3. The lowest BCUT2D eigenvalue weighted by molar-refractivity contribution is -0.137. The summed E-state index contributed by atoms with van der Waals surface area (Å²) in [6.45, 7) is 7.51. The Morgan fingerprint density at radius 3 is 2.19 bits per heavy atom. The smallest absolute Gasteiger partial charge is 0.274 e. The fraction of sp³-hybridized carbons (Fsp3) is 0.355. The zero-order chi connectivity index (χ0) is 30.4. The monoisotopic (exact) mass is 598 g/mol. The molecule has 0 radical (unpaired) electrons. The van der Waals surface area contributed by atoms with Crippen LogP contribution in [-0.4, -0.2) is 28.3 Å². The van der Waals surface area contributed by atoms with Gasteiger partial charge in [-0.1, -0.05) is 61.5 Å². The van der Waals surface area contributed by atoms with Gasteiger partial charge in [0.05, 0.1) is 22.7 Å². The van der Waals surface area contributed by atoms with Gasteiger partial charge < -0.3 is 0 Å². The average Bonchev–Trinajstić information content (AvgIpc) is 3.53. The Balaban J connectivity index is 1.50. The first-order valence-corrected chi connectivity index (χ1v) is 15.2. The highest BCUT2D eigenvalue weighted by Crippen LogP contribution is 2.40. The van der Waals surface area contributed by atoms with Crippen LogP contribution in [0, 0.1) is 11.8 Å². The maximum atomic E-state index is 13.8. The second kappa shape index (κ2) is 10.9. The molecule has 1 aliphatic carbocycles. The molecule has 1 aliphatic rings. The first kappa shape index (κ1) is 29.8. The number of para-hydroxylation sites is 1. The second-order valence-electron chi connectivity index (χ2n) is 11.9. The van der Waals surface area contributed by atoms with Crippen molar-refractivity contribution < 1.29 is 21.6 Å². The maximum absolute atomic E-state index is 13.8. The fourth-order valence-electron chi connectivity index (χ4n) is 5.09. The molecule has 0 saturated heterocycles. The molecule has 0 aliphatic heterocycles. The summed E-state index contributed by atoms with van der Waals surface area (Å²) in [7, 11) is -3.80. The molecule has 3 aromatic carbocycles. The molecule has 1 fully saturated rings.